The summed E-state index contributed by atoms with van der Waals surface area (Å²) in [5.74, 6) is -1.05. The number of hydrogen-bond acceptors (Lipinski definition) is 9. The molecule has 1 N–H and O–H groups in total. The molecule has 0 amide bonds. The summed E-state index contributed by atoms with van der Waals surface area (Å²) in [6.07, 6.45) is -0.201. The number of hydrogen-bond donors (Lipinski definition) is 1. The molecular formula is C29H34O8S. The highest BCUT2D eigenvalue weighted by molar-refractivity contribution is 7.99. The van der Waals surface area contributed by atoms with Gasteiger partial charge in [0.25, 0.3) is 0 Å². The topological polar surface area (TPSA) is 92.7 Å². The lowest BCUT2D eigenvalue weighted by molar-refractivity contribution is -0.577. The third kappa shape index (κ3) is 4.33. The van der Waals surface area contributed by atoms with Crippen molar-refractivity contribution in [2.75, 3.05) is 7.11 Å². The molecule has 9 atom stereocenters. The zero-order valence-corrected chi connectivity index (χ0v) is 22.8. The van der Waals surface area contributed by atoms with Gasteiger partial charge in [0.2, 0.25) is 12.1 Å². The van der Waals surface area contributed by atoms with Gasteiger partial charge in [0.1, 0.15) is 5.75 Å². The van der Waals surface area contributed by atoms with Crippen molar-refractivity contribution in [1.29, 1.82) is 0 Å². The van der Waals surface area contributed by atoms with Crippen LogP contribution in [0, 0.1) is 23.7 Å². The lowest BCUT2D eigenvalue weighted by atomic mass is 9.57. The van der Waals surface area contributed by atoms with Crippen LogP contribution in [0.15, 0.2) is 58.3 Å². The highest BCUT2D eigenvalue weighted by Gasteiger charge is 2.71. The Morgan fingerprint density at radius 3 is 2.61 bits per heavy atom. The Morgan fingerprint density at radius 2 is 1.84 bits per heavy atom. The minimum Gasteiger partial charge on any atom is -0.497 e. The predicted octanol–water partition coefficient (Wildman–Crippen LogP) is 5.18. The Morgan fingerprint density at radius 1 is 1.05 bits per heavy atom. The van der Waals surface area contributed by atoms with Crippen LogP contribution in [0.4, 0.5) is 0 Å². The molecule has 204 valence electrons. The predicted molar refractivity (Wildman–Crippen MR) is 137 cm³/mol. The van der Waals surface area contributed by atoms with Gasteiger partial charge in [-0.1, -0.05) is 31.7 Å². The Labute approximate surface area is 226 Å². The quantitative estimate of drug-likeness (QED) is 0.405. The molecule has 38 heavy (non-hydrogen) atoms. The molecule has 5 aliphatic rings. The summed E-state index contributed by atoms with van der Waals surface area (Å²) in [5, 5.41) is 11.0. The van der Waals surface area contributed by atoms with Gasteiger partial charge in [-0.25, -0.2) is 14.6 Å². The lowest BCUT2D eigenvalue weighted by Gasteiger charge is -2.60. The van der Waals surface area contributed by atoms with Crippen molar-refractivity contribution in [2.45, 2.75) is 79.9 Å². The van der Waals surface area contributed by atoms with Crippen molar-refractivity contribution >= 4 is 17.7 Å². The Hall–Kier alpha value is -2.14. The maximum atomic E-state index is 13.3. The summed E-state index contributed by atoms with van der Waals surface area (Å²) in [7, 11) is 1.64. The number of methoxy groups -OCH3 is 1. The van der Waals surface area contributed by atoms with E-state index in [9.17, 15) is 9.90 Å². The third-order valence-electron chi connectivity index (χ3n) is 8.80. The molecule has 8 nitrogen and oxygen atoms in total. The summed E-state index contributed by atoms with van der Waals surface area (Å²) in [6.45, 7) is 5.86. The number of benzene rings is 2. The van der Waals surface area contributed by atoms with Crippen LogP contribution >= 0.6 is 11.8 Å². The smallest absolute Gasteiger partial charge is 0.340 e. The first kappa shape index (κ1) is 26.1. The average Bonchev–Trinajstić information content (AvgIpc) is 3.14. The van der Waals surface area contributed by atoms with Crippen molar-refractivity contribution in [1.82, 2.24) is 0 Å². The molecule has 0 radical (unpaired) electrons. The number of fused-ring (bicyclic) bond motifs is 2. The van der Waals surface area contributed by atoms with Crippen LogP contribution in [0.5, 0.6) is 5.75 Å². The van der Waals surface area contributed by atoms with Crippen molar-refractivity contribution in [3.8, 4) is 5.75 Å². The second-order valence-electron chi connectivity index (χ2n) is 11.1. The van der Waals surface area contributed by atoms with E-state index in [1.165, 1.54) is 0 Å². The normalized spacial score (nSPS) is 39.7. The summed E-state index contributed by atoms with van der Waals surface area (Å²) in [5.41, 5.74) is -0.420. The van der Waals surface area contributed by atoms with Crippen molar-refractivity contribution < 1.29 is 38.6 Å². The van der Waals surface area contributed by atoms with Crippen LogP contribution in [0.25, 0.3) is 0 Å². The van der Waals surface area contributed by atoms with Gasteiger partial charge in [0.05, 0.1) is 18.8 Å². The van der Waals surface area contributed by atoms with Gasteiger partial charge in [-0.15, -0.1) is 0 Å². The van der Waals surface area contributed by atoms with Crippen LogP contribution in [0.2, 0.25) is 0 Å². The molecule has 4 saturated heterocycles. The SMILES string of the molecule is COc1ccc(Sc2cccc(C(=O)O[C@@H]3O[C@@H]4O[C@]5(C)CC[C@H]6[C@H](C)[C@H](O)C[C@@H]([C@H]3C)[C@@]46OO5)c2)cc1. The largest absolute Gasteiger partial charge is 0.497 e. The first-order chi connectivity index (χ1) is 18.2. The van der Waals surface area contributed by atoms with Crippen molar-refractivity contribution in [2.24, 2.45) is 23.7 Å². The molecule has 9 heteroatoms. The van der Waals surface area contributed by atoms with Crippen molar-refractivity contribution in [3.63, 3.8) is 0 Å². The van der Waals surface area contributed by atoms with E-state index >= 15 is 0 Å². The fraction of sp³-hybridized carbons (Fsp3) is 0.552. The summed E-state index contributed by atoms with van der Waals surface area (Å²) >= 11 is 1.55. The first-order valence-electron chi connectivity index (χ1n) is 13.2. The summed E-state index contributed by atoms with van der Waals surface area (Å²) < 4.78 is 23.9. The fourth-order valence-corrected chi connectivity index (χ4v) is 7.48. The van der Waals surface area contributed by atoms with E-state index in [1.54, 1.807) is 24.9 Å². The Kier molecular flexibility index (Phi) is 6.73. The van der Waals surface area contributed by atoms with E-state index in [2.05, 4.69) is 6.92 Å². The summed E-state index contributed by atoms with van der Waals surface area (Å²) in [4.78, 5) is 27.2. The van der Waals surface area contributed by atoms with E-state index in [1.807, 2.05) is 56.3 Å². The minimum absolute atomic E-state index is 0.00208. The molecule has 1 saturated carbocycles. The zero-order valence-electron chi connectivity index (χ0n) is 22.0. The van der Waals surface area contributed by atoms with Crippen LogP contribution in [-0.4, -0.2) is 48.3 Å². The number of carbonyl (C=O) groups excluding carboxylic acids is 1. The standard InChI is InChI=1S/C29H34O8S/c1-16-22-12-13-28(3)35-27-29(22,37-36-28)23(15-24(16)30)17(2)26(34-27)33-25(31)18-6-5-7-21(14-18)38-20-10-8-19(32-4)9-11-20/h5-11,14,16-17,22-24,26-27,30H,12-13,15H2,1-4H3/t16-,17+,22-,23-,24+,26+,27+,28-,29+/m0/s1. The molecule has 2 aromatic carbocycles. The molecule has 5 fully saturated rings. The van der Waals surface area contributed by atoms with E-state index in [-0.39, 0.29) is 23.7 Å². The molecule has 2 aromatic rings. The number of rotatable bonds is 5. The molecule has 4 aliphatic heterocycles. The lowest BCUT2D eigenvalue weighted by Crippen LogP contribution is -2.72. The Bertz CT molecular complexity index is 1190. The minimum atomic E-state index is -0.954. The second-order valence-corrected chi connectivity index (χ2v) is 12.2. The average molecular weight is 543 g/mol. The molecule has 2 bridgehead atoms. The fourth-order valence-electron chi connectivity index (χ4n) is 6.60. The number of carbonyl (C=O) groups is 1. The molecule has 0 unspecified atom stereocenters. The van der Waals surface area contributed by atoms with Crippen LogP contribution in [0.1, 0.15) is 50.4 Å². The van der Waals surface area contributed by atoms with Gasteiger partial charge >= 0.3 is 5.97 Å². The van der Waals surface area contributed by atoms with E-state index in [0.29, 0.717) is 18.4 Å². The molecule has 0 aromatic heterocycles. The van der Waals surface area contributed by atoms with E-state index < -0.39 is 36.0 Å². The monoisotopic (exact) mass is 542 g/mol. The molecule has 7 rings (SSSR count). The van der Waals surface area contributed by atoms with E-state index in [4.69, 9.17) is 28.7 Å². The summed E-state index contributed by atoms with van der Waals surface area (Å²) in [6, 6.07) is 15.1. The van der Waals surface area contributed by atoms with Gasteiger partial charge in [-0.05, 0) is 68.1 Å². The zero-order chi connectivity index (χ0) is 26.7. The van der Waals surface area contributed by atoms with Crippen molar-refractivity contribution in [3.05, 3.63) is 54.1 Å². The van der Waals surface area contributed by atoms with Crippen LogP contribution < -0.4 is 4.74 Å². The maximum Gasteiger partial charge on any atom is 0.340 e. The molecular weight excluding hydrogens is 508 g/mol. The third-order valence-corrected chi connectivity index (χ3v) is 9.80. The van der Waals surface area contributed by atoms with Gasteiger partial charge in [0, 0.05) is 34.0 Å². The first-order valence-corrected chi connectivity index (χ1v) is 14.1. The maximum absolute atomic E-state index is 13.3. The number of aliphatic hydroxyl groups is 1. The number of aliphatic hydroxyl groups excluding tert-OH is 1. The van der Waals surface area contributed by atoms with E-state index in [0.717, 1.165) is 22.0 Å². The number of esters is 1. The molecule has 1 spiro atoms. The molecule has 1 aliphatic carbocycles. The highest BCUT2D eigenvalue weighted by atomic mass is 32.2. The van der Waals surface area contributed by atoms with Crippen LogP contribution in [0.3, 0.4) is 0 Å². The van der Waals surface area contributed by atoms with Gasteiger partial charge in [-0.3, -0.25) is 0 Å². The van der Waals surface area contributed by atoms with Gasteiger partial charge in [0.15, 0.2) is 11.9 Å². The van der Waals surface area contributed by atoms with Gasteiger partial charge in [-0.2, -0.15) is 0 Å². The van der Waals surface area contributed by atoms with Gasteiger partial charge < -0.3 is 24.1 Å². The van der Waals surface area contributed by atoms with Crippen LogP contribution in [-0.2, 0) is 24.0 Å². The highest BCUT2D eigenvalue weighted by Crippen LogP contribution is 2.60. The number of ether oxygens (including phenoxy) is 4. The molecule has 4 heterocycles. The Balaban J connectivity index is 1.22. The second kappa shape index (κ2) is 9.80.